The van der Waals surface area contributed by atoms with E-state index in [4.69, 9.17) is 5.73 Å². The summed E-state index contributed by atoms with van der Waals surface area (Å²) in [5, 5.41) is 2.14. The van der Waals surface area contributed by atoms with Crippen molar-refractivity contribution in [3.05, 3.63) is 21.9 Å². The lowest BCUT2D eigenvalue weighted by atomic mass is 10.1. The molecule has 1 aliphatic carbocycles. The van der Waals surface area contributed by atoms with Crippen molar-refractivity contribution in [2.75, 3.05) is 0 Å². The van der Waals surface area contributed by atoms with Crippen LogP contribution < -0.4 is 5.73 Å². The van der Waals surface area contributed by atoms with Crippen LogP contribution in [0.5, 0.6) is 0 Å². The van der Waals surface area contributed by atoms with Crippen LogP contribution in [0.2, 0.25) is 0 Å². The first-order chi connectivity index (χ1) is 4.79. The van der Waals surface area contributed by atoms with Gasteiger partial charge in [-0.15, -0.1) is 11.3 Å². The van der Waals surface area contributed by atoms with E-state index in [-0.39, 0.29) is 0 Å². The van der Waals surface area contributed by atoms with Gasteiger partial charge >= 0.3 is 0 Å². The molecule has 0 bridgehead atoms. The van der Waals surface area contributed by atoms with E-state index in [1.54, 1.807) is 0 Å². The first-order valence-electron chi connectivity index (χ1n) is 3.61. The lowest BCUT2D eigenvalue weighted by Crippen LogP contribution is -2.13. The van der Waals surface area contributed by atoms with Crippen molar-refractivity contribution in [2.24, 2.45) is 11.7 Å². The first-order valence-corrected chi connectivity index (χ1v) is 4.49. The molecule has 1 aromatic rings. The topological polar surface area (TPSA) is 26.0 Å². The van der Waals surface area contributed by atoms with Gasteiger partial charge in [0.05, 0.1) is 0 Å². The van der Waals surface area contributed by atoms with Gasteiger partial charge in [0.2, 0.25) is 0 Å². The van der Waals surface area contributed by atoms with Gasteiger partial charge in [0.25, 0.3) is 0 Å². The van der Waals surface area contributed by atoms with E-state index in [0.29, 0.717) is 12.0 Å². The summed E-state index contributed by atoms with van der Waals surface area (Å²) in [5.41, 5.74) is 7.33. The van der Waals surface area contributed by atoms with Crippen molar-refractivity contribution in [1.82, 2.24) is 0 Å². The van der Waals surface area contributed by atoms with Gasteiger partial charge in [-0.25, -0.2) is 0 Å². The fourth-order valence-corrected chi connectivity index (χ4v) is 2.62. The maximum absolute atomic E-state index is 5.94. The summed E-state index contributed by atoms with van der Waals surface area (Å²) in [4.78, 5) is 1.50. The zero-order valence-electron chi connectivity index (χ0n) is 6.00. The van der Waals surface area contributed by atoms with Gasteiger partial charge in [0.15, 0.2) is 0 Å². The highest BCUT2D eigenvalue weighted by Gasteiger charge is 2.26. The molecule has 0 amide bonds. The molecular weight excluding hydrogens is 142 g/mol. The number of hydrogen-bond donors (Lipinski definition) is 1. The molecule has 10 heavy (non-hydrogen) atoms. The summed E-state index contributed by atoms with van der Waals surface area (Å²) in [5.74, 6) is 0.655. The molecule has 0 fully saturated rings. The Kier molecular flexibility index (Phi) is 1.32. The number of nitrogens with two attached hydrogens (primary N) is 1. The van der Waals surface area contributed by atoms with Gasteiger partial charge in [-0.1, -0.05) is 6.92 Å². The maximum atomic E-state index is 5.94. The zero-order chi connectivity index (χ0) is 7.14. The van der Waals surface area contributed by atoms with Crippen LogP contribution in [0, 0.1) is 5.92 Å². The minimum absolute atomic E-state index is 0.307. The van der Waals surface area contributed by atoms with Crippen molar-refractivity contribution in [2.45, 2.75) is 19.4 Å². The Hall–Kier alpha value is -0.340. The van der Waals surface area contributed by atoms with Crippen molar-refractivity contribution in [1.29, 1.82) is 0 Å². The van der Waals surface area contributed by atoms with E-state index >= 15 is 0 Å². The van der Waals surface area contributed by atoms with E-state index in [1.165, 1.54) is 16.9 Å². The maximum Gasteiger partial charge on any atom is 0.0335 e. The highest BCUT2D eigenvalue weighted by molar-refractivity contribution is 7.10. The Bertz CT molecular complexity index is 241. The number of fused-ring (bicyclic) bond motifs is 1. The predicted octanol–water partition coefficient (Wildman–Crippen LogP) is 1.94. The second-order valence-corrected chi connectivity index (χ2v) is 4.01. The smallest absolute Gasteiger partial charge is 0.0335 e. The average molecular weight is 153 g/mol. The van der Waals surface area contributed by atoms with Crippen LogP contribution in [0.1, 0.15) is 23.4 Å². The Morgan fingerprint density at radius 2 is 2.50 bits per heavy atom. The molecule has 2 unspecified atom stereocenters. The van der Waals surface area contributed by atoms with Crippen LogP contribution in [0.25, 0.3) is 0 Å². The third kappa shape index (κ3) is 0.724. The van der Waals surface area contributed by atoms with Crippen molar-refractivity contribution < 1.29 is 0 Å². The Morgan fingerprint density at radius 1 is 1.70 bits per heavy atom. The van der Waals surface area contributed by atoms with Crippen molar-refractivity contribution in [3.8, 4) is 0 Å². The van der Waals surface area contributed by atoms with E-state index in [1.807, 2.05) is 11.3 Å². The molecule has 2 rings (SSSR count). The standard InChI is InChI=1S/C8H11NS/c1-5-4-7-6(8(5)9)2-3-10-7/h2-3,5,8H,4,9H2,1H3. The second-order valence-electron chi connectivity index (χ2n) is 3.01. The van der Waals surface area contributed by atoms with Gasteiger partial charge in [0, 0.05) is 10.9 Å². The van der Waals surface area contributed by atoms with E-state index in [0.717, 1.165) is 0 Å². The third-order valence-electron chi connectivity index (χ3n) is 2.26. The molecule has 2 heteroatoms. The highest BCUT2D eigenvalue weighted by Crippen LogP contribution is 2.36. The third-order valence-corrected chi connectivity index (χ3v) is 3.22. The highest BCUT2D eigenvalue weighted by atomic mass is 32.1. The zero-order valence-corrected chi connectivity index (χ0v) is 6.82. The summed E-state index contributed by atoms with van der Waals surface area (Å²) in [6.07, 6.45) is 1.19. The van der Waals surface area contributed by atoms with E-state index in [9.17, 15) is 0 Å². The average Bonchev–Trinajstić information content (AvgIpc) is 2.41. The van der Waals surface area contributed by atoms with E-state index < -0.39 is 0 Å². The van der Waals surface area contributed by atoms with Gasteiger partial charge in [-0.3, -0.25) is 0 Å². The van der Waals surface area contributed by atoms with Gasteiger partial charge < -0.3 is 5.73 Å². The van der Waals surface area contributed by atoms with Gasteiger partial charge in [0.1, 0.15) is 0 Å². The molecule has 0 aromatic carbocycles. The molecule has 54 valence electrons. The molecule has 2 atom stereocenters. The molecule has 1 heterocycles. The van der Waals surface area contributed by atoms with Crippen molar-refractivity contribution in [3.63, 3.8) is 0 Å². The second kappa shape index (κ2) is 2.07. The van der Waals surface area contributed by atoms with Crippen LogP contribution in [-0.2, 0) is 6.42 Å². The summed E-state index contributed by atoms with van der Waals surface area (Å²) in [6.45, 7) is 2.22. The summed E-state index contributed by atoms with van der Waals surface area (Å²) in [6, 6.07) is 2.47. The van der Waals surface area contributed by atoms with Crippen LogP contribution >= 0.6 is 11.3 Å². The minimum atomic E-state index is 0.307. The SMILES string of the molecule is CC1Cc2sccc2C1N. The molecule has 0 saturated carbocycles. The first kappa shape index (κ1) is 6.38. The molecule has 1 nitrogen and oxygen atoms in total. The van der Waals surface area contributed by atoms with Crippen LogP contribution in [0.3, 0.4) is 0 Å². The lowest BCUT2D eigenvalue weighted by molar-refractivity contribution is 0.513. The fourth-order valence-electron chi connectivity index (χ4n) is 1.54. The Balaban J connectivity index is 2.43. The largest absolute Gasteiger partial charge is 0.324 e. The monoisotopic (exact) mass is 153 g/mol. The van der Waals surface area contributed by atoms with Gasteiger partial charge in [-0.2, -0.15) is 0 Å². The quantitative estimate of drug-likeness (QED) is 0.605. The predicted molar refractivity (Wildman–Crippen MR) is 44.1 cm³/mol. The molecular formula is C8H11NS. The summed E-state index contributed by atoms with van der Waals surface area (Å²) >= 11 is 1.84. The van der Waals surface area contributed by atoms with Crippen LogP contribution in [-0.4, -0.2) is 0 Å². The summed E-state index contributed by atoms with van der Waals surface area (Å²) in [7, 11) is 0. The van der Waals surface area contributed by atoms with Crippen LogP contribution in [0.15, 0.2) is 11.4 Å². The van der Waals surface area contributed by atoms with Gasteiger partial charge in [-0.05, 0) is 29.3 Å². The number of rotatable bonds is 0. The molecule has 0 radical (unpaired) electrons. The number of thiophene rings is 1. The summed E-state index contributed by atoms with van der Waals surface area (Å²) < 4.78 is 0. The van der Waals surface area contributed by atoms with Crippen molar-refractivity contribution >= 4 is 11.3 Å². The molecule has 2 N–H and O–H groups in total. The number of hydrogen-bond acceptors (Lipinski definition) is 2. The molecule has 0 spiro atoms. The fraction of sp³-hybridized carbons (Fsp3) is 0.500. The molecule has 1 aromatic heterocycles. The van der Waals surface area contributed by atoms with Crippen LogP contribution in [0.4, 0.5) is 0 Å². The minimum Gasteiger partial charge on any atom is -0.324 e. The molecule has 1 aliphatic rings. The van der Waals surface area contributed by atoms with E-state index in [2.05, 4.69) is 18.4 Å². The molecule has 0 saturated heterocycles. The lowest BCUT2D eigenvalue weighted by Gasteiger charge is -2.07. The normalized spacial score (nSPS) is 30.6. The Morgan fingerprint density at radius 3 is 3.20 bits per heavy atom. The molecule has 0 aliphatic heterocycles. The Labute approximate surface area is 64.9 Å².